The van der Waals surface area contributed by atoms with E-state index in [0.29, 0.717) is 22.0 Å². The van der Waals surface area contributed by atoms with Crippen molar-refractivity contribution in [1.82, 2.24) is 5.43 Å². The molecule has 140 valence electrons. The number of anilines is 1. The number of thiocarbonyl (C=S) groups is 1. The summed E-state index contributed by atoms with van der Waals surface area (Å²) in [5.41, 5.74) is 4.69. The molecule has 2 N–H and O–H groups in total. The van der Waals surface area contributed by atoms with Crippen LogP contribution in [-0.2, 0) is 0 Å². The number of esters is 1. The number of nitrogens with zero attached hydrogens (tertiary/aromatic N) is 1. The van der Waals surface area contributed by atoms with Crippen molar-refractivity contribution in [2.45, 2.75) is 0 Å². The van der Waals surface area contributed by atoms with Crippen molar-refractivity contribution < 1.29 is 9.53 Å². The maximum atomic E-state index is 12.3. The highest BCUT2D eigenvalue weighted by Crippen LogP contribution is 2.23. The number of ether oxygens (including phenoxy) is 1. The van der Waals surface area contributed by atoms with Crippen molar-refractivity contribution in [1.29, 1.82) is 0 Å². The molecule has 0 bridgehead atoms. The largest absolute Gasteiger partial charge is 0.422 e. The first-order chi connectivity index (χ1) is 13.6. The summed E-state index contributed by atoms with van der Waals surface area (Å²) in [6, 6.07) is 23.6. The van der Waals surface area contributed by atoms with E-state index in [4.69, 9.17) is 17.0 Å². The summed E-state index contributed by atoms with van der Waals surface area (Å²) >= 11 is 8.63. The molecule has 0 aliphatic carbocycles. The SMILES string of the molecule is O=C(Oc1ccc(Br)cc1C=NNC(=S)Nc1ccccc1)c1ccccc1. The van der Waals surface area contributed by atoms with Crippen LogP contribution in [0.5, 0.6) is 5.75 Å². The molecule has 0 aliphatic heterocycles. The molecule has 0 aromatic heterocycles. The molecule has 0 heterocycles. The van der Waals surface area contributed by atoms with Crippen molar-refractivity contribution in [3.8, 4) is 5.75 Å². The van der Waals surface area contributed by atoms with Crippen LogP contribution in [0, 0.1) is 0 Å². The number of rotatable bonds is 5. The van der Waals surface area contributed by atoms with E-state index in [1.807, 2.05) is 36.4 Å². The number of hydrazone groups is 1. The summed E-state index contributed by atoms with van der Waals surface area (Å²) in [6.45, 7) is 0. The van der Waals surface area contributed by atoms with Crippen molar-refractivity contribution >= 4 is 51.1 Å². The quantitative estimate of drug-likeness (QED) is 0.187. The fourth-order valence-corrected chi connectivity index (χ4v) is 2.84. The summed E-state index contributed by atoms with van der Waals surface area (Å²) in [7, 11) is 0. The minimum absolute atomic E-state index is 0.347. The van der Waals surface area contributed by atoms with Crippen LogP contribution in [0.4, 0.5) is 5.69 Å². The Labute approximate surface area is 176 Å². The number of hydrogen-bond acceptors (Lipinski definition) is 4. The molecule has 7 heteroatoms. The normalized spacial score (nSPS) is 10.5. The summed E-state index contributed by atoms with van der Waals surface area (Å²) in [5, 5.41) is 7.50. The Bertz CT molecular complexity index is 995. The number of carbonyl (C=O) groups is 1. The van der Waals surface area contributed by atoms with Gasteiger partial charge in [0.25, 0.3) is 0 Å². The Kier molecular flexibility index (Phi) is 6.89. The fourth-order valence-electron chi connectivity index (χ4n) is 2.29. The van der Waals surface area contributed by atoms with E-state index in [1.54, 1.807) is 42.5 Å². The van der Waals surface area contributed by atoms with Crippen molar-refractivity contribution in [2.24, 2.45) is 5.10 Å². The number of benzene rings is 3. The third-order valence-corrected chi connectivity index (χ3v) is 4.27. The highest BCUT2D eigenvalue weighted by molar-refractivity contribution is 9.10. The topological polar surface area (TPSA) is 62.7 Å². The summed E-state index contributed by atoms with van der Waals surface area (Å²) < 4.78 is 6.34. The van der Waals surface area contributed by atoms with Gasteiger partial charge in [0.2, 0.25) is 0 Å². The van der Waals surface area contributed by atoms with Gasteiger partial charge in [0.15, 0.2) is 5.11 Å². The molecule has 0 amide bonds. The van der Waals surface area contributed by atoms with Gasteiger partial charge in [-0.3, -0.25) is 5.43 Å². The third-order valence-electron chi connectivity index (χ3n) is 3.59. The van der Waals surface area contributed by atoms with Crippen LogP contribution in [0.1, 0.15) is 15.9 Å². The maximum Gasteiger partial charge on any atom is 0.343 e. The van der Waals surface area contributed by atoms with E-state index < -0.39 is 5.97 Å². The van der Waals surface area contributed by atoms with E-state index in [2.05, 4.69) is 31.8 Å². The van der Waals surface area contributed by atoms with Gasteiger partial charge in [-0.05, 0) is 54.7 Å². The fraction of sp³-hybridized carbons (Fsp3) is 0. The van der Waals surface area contributed by atoms with E-state index in [0.717, 1.165) is 10.2 Å². The molecule has 3 rings (SSSR count). The molecule has 5 nitrogen and oxygen atoms in total. The Morgan fingerprint density at radius 1 is 1.00 bits per heavy atom. The van der Waals surface area contributed by atoms with Crippen molar-refractivity contribution in [2.75, 3.05) is 5.32 Å². The van der Waals surface area contributed by atoms with Crippen LogP contribution in [0.15, 0.2) is 88.4 Å². The Hall–Kier alpha value is -3.03. The average molecular weight is 454 g/mol. The first-order valence-corrected chi connectivity index (χ1v) is 9.54. The molecule has 3 aromatic carbocycles. The predicted molar refractivity (Wildman–Crippen MR) is 119 cm³/mol. The smallest absolute Gasteiger partial charge is 0.343 e. The number of hydrogen-bond donors (Lipinski definition) is 2. The average Bonchev–Trinajstić information content (AvgIpc) is 2.71. The molecule has 0 unspecified atom stereocenters. The summed E-state index contributed by atoms with van der Waals surface area (Å²) in [6.07, 6.45) is 1.54. The lowest BCUT2D eigenvalue weighted by Crippen LogP contribution is -2.23. The lowest BCUT2D eigenvalue weighted by atomic mass is 10.2. The second-order valence-electron chi connectivity index (χ2n) is 5.63. The van der Waals surface area contributed by atoms with Gasteiger partial charge in [0, 0.05) is 15.7 Å². The Balaban J connectivity index is 1.67. The highest BCUT2D eigenvalue weighted by Gasteiger charge is 2.11. The van der Waals surface area contributed by atoms with Gasteiger partial charge in [-0.1, -0.05) is 52.3 Å². The molecular weight excluding hydrogens is 438 g/mol. The molecule has 0 atom stereocenters. The first-order valence-electron chi connectivity index (χ1n) is 8.34. The van der Waals surface area contributed by atoms with Crippen LogP contribution in [0.25, 0.3) is 0 Å². The van der Waals surface area contributed by atoms with Crippen LogP contribution in [0.2, 0.25) is 0 Å². The Morgan fingerprint density at radius 3 is 2.39 bits per heavy atom. The van der Waals surface area contributed by atoms with Gasteiger partial charge in [-0.15, -0.1) is 0 Å². The molecule has 0 aliphatic rings. The minimum Gasteiger partial charge on any atom is -0.422 e. The van der Waals surface area contributed by atoms with Crippen LogP contribution in [-0.4, -0.2) is 17.3 Å². The van der Waals surface area contributed by atoms with Crippen molar-refractivity contribution in [3.63, 3.8) is 0 Å². The second kappa shape index (κ2) is 9.77. The zero-order valence-electron chi connectivity index (χ0n) is 14.6. The number of para-hydroxylation sites is 1. The molecule has 0 saturated carbocycles. The predicted octanol–water partition coefficient (Wildman–Crippen LogP) is 4.99. The standard InChI is InChI=1S/C21H16BrN3O2S/c22-17-11-12-19(27-20(26)15-7-3-1-4-8-15)16(13-17)14-23-25-21(28)24-18-9-5-2-6-10-18/h1-14H,(H2,24,25,28). The maximum absolute atomic E-state index is 12.3. The third kappa shape index (κ3) is 5.73. The highest BCUT2D eigenvalue weighted by atomic mass is 79.9. The van der Waals surface area contributed by atoms with Crippen LogP contribution in [0.3, 0.4) is 0 Å². The van der Waals surface area contributed by atoms with Crippen LogP contribution >= 0.6 is 28.1 Å². The van der Waals surface area contributed by atoms with Gasteiger partial charge in [0.05, 0.1) is 11.8 Å². The monoisotopic (exact) mass is 453 g/mol. The first kappa shape index (κ1) is 19.7. The molecule has 28 heavy (non-hydrogen) atoms. The van der Waals surface area contributed by atoms with E-state index in [-0.39, 0.29) is 0 Å². The molecule has 0 fully saturated rings. The number of carbonyl (C=O) groups excluding carboxylic acids is 1. The lowest BCUT2D eigenvalue weighted by Gasteiger charge is -2.09. The van der Waals surface area contributed by atoms with E-state index in [9.17, 15) is 4.79 Å². The molecule has 3 aromatic rings. The van der Waals surface area contributed by atoms with E-state index in [1.165, 1.54) is 6.21 Å². The number of nitrogens with one attached hydrogen (secondary N) is 2. The molecule has 0 spiro atoms. The van der Waals surface area contributed by atoms with Gasteiger partial charge in [-0.2, -0.15) is 5.10 Å². The van der Waals surface area contributed by atoms with Gasteiger partial charge in [-0.25, -0.2) is 4.79 Å². The molecule has 0 radical (unpaired) electrons. The van der Waals surface area contributed by atoms with Gasteiger partial charge >= 0.3 is 5.97 Å². The molecular formula is C21H16BrN3O2S. The van der Waals surface area contributed by atoms with Gasteiger partial charge in [0.1, 0.15) is 5.75 Å². The lowest BCUT2D eigenvalue weighted by molar-refractivity contribution is 0.0734. The second-order valence-corrected chi connectivity index (χ2v) is 6.95. The Morgan fingerprint density at radius 2 is 1.68 bits per heavy atom. The van der Waals surface area contributed by atoms with E-state index >= 15 is 0 Å². The number of halogens is 1. The summed E-state index contributed by atoms with van der Waals surface area (Å²) in [4.78, 5) is 12.3. The zero-order valence-corrected chi connectivity index (χ0v) is 17.0. The summed E-state index contributed by atoms with van der Waals surface area (Å²) in [5.74, 6) is -0.0451. The zero-order chi connectivity index (χ0) is 19.8. The van der Waals surface area contributed by atoms with Crippen LogP contribution < -0.4 is 15.5 Å². The molecule has 0 saturated heterocycles. The van der Waals surface area contributed by atoms with Gasteiger partial charge < -0.3 is 10.1 Å². The minimum atomic E-state index is -0.438. The van der Waals surface area contributed by atoms with Crippen molar-refractivity contribution in [3.05, 3.63) is 94.5 Å².